The van der Waals surface area contributed by atoms with Crippen LogP contribution in [0.4, 0.5) is 0 Å². The summed E-state index contributed by atoms with van der Waals surface area (Å²) < 4.78 is 5.59. The second-order valence-corrected chi connectivity index (χ2v) is 6.29. The minimum absolute atomic E-state index is 0.0287. The number of carbonyl (C=O) groups excluding carboxylic acids is 1. The number of likely N-dealkylation sites (tertiary alicyclic amines) is 1. The molecule has 122 valence electrons. The third-order valence-corrected chi connectivity index (χ3v) is 4.54. The van der Waals surface area contributed by atoms with Crippen molar-refractivity contribution >= 4 is 16.9 Å². The van der Waals surface area contributed by atoms with Gasteiger partial charge in [0.1, 0.15) is 17.2 Å². The van der Waals surface area contributed by atoms with Gasteiger partial charge in [-0.05, 0) is 57.0 Å². The SMILES string of the molecule is Cc1nccc([C@@H]2CCCN2C(=O)c2ccc3oc(C)cc3c2)n1. The summed E-state index contributed by atoms with van der Waals surface area (Å²) in [6.07, 6.45) is 3.70. The molecular formula is C19H19N3O2. The van der Waals surface area contributed by atoms with E-state index in [1.807, 2.05) is 49.1 Å². The third kappa shape index (κ3) is 2.56. The summed E-state index contributed by atoms with van der Waals surface area (Å²) in [5.41, 5.74) is 2.43. The first-order valence-electron chi connectivity index (χ1n) is 8.22. The molecule has 4 rings (SSSR count). The van der Waals surface area contributed by atoms with Crippen molar-refractivity contribution in [2.24, 2.45) is 0 Å². The molecule has 0 N–H and O–H groups in total. The van der Waals surface area contributed by atoms with Gasteiger partial charge in [0.05, 0.1) is 11.7 Å². The lowest BCUT2D eigenvalue weighted by Gasteiger charge is -2.24. The summed E-state index contributed by atoms with van der Waals surface area (Å²) in [5.74, 6) is 1.64. The van der Waals surface area contributed by atoms with Gasteiger partial charge in [0.15, 0.2) is 0 Å². The number of rotatable bonds is 2. The van der Waals surface area contributed by atoms with E-state index in [4.69, 9.17) is 4.42 Å². The van der Waals surface area contributed by atoms with Crippen molar-refractivity contribution in [2.45, 2.75) is 32.7 Å². The summed E-state index contributed by atoms with van der Waals surface area (Å²) in [4.78, 5) is 23.6. The van der Waals surface area contributed by atoms with Crippen LogP contribution in [0, 0.1) is 13.8 Å². The molecule has 1 atom stereocenters. The van der Waals surface area contributed by atoms with Crippen LogP contribution in [0.2, 0.25) is 0 Å². The van der Waals surface area contributed by atoms with Crippen LogP contribution in [0.1, 0.15) is 46.5 Å². The number of aromatic nitrogens is 2. The fourth-order valence-corrected chi connectivity index (χ4v) is 3.45. The molecular weight excluding hydrogens is 302 g/mol. The zero-order valence-corrected chi connectivity index (χ0v) is 13.8. The van der Waals surface area contributed by atoms with Gasteiger partial charge in [-0.15, -0.1) is 0 Å². The van der Waals surface area contributed by atoms with Crippen molar-refractivity contribution in [3.8, 4) is 0 Å². The van der Waals surface area contributed by atoms with Crippen LogP contribution in [0.3, 0.4) is 0 Å². The molecule has 3 aromatic rings. The molecule has 2 aromatic heterocycles. The summed E-state index contributed by atoms with van der Waals surface area (Å²) in [7, 11) is 0. The van der Waals surface area contributed by atoms with Crippen molar-refractivity contribution in [1.82, 2.24) is 14.9 Å². The molecule has 5 nitrogen and oxygen atoms in total. The Morgan fingerprint density at radius 3 is 2.96 bits per heavy atom. The first kappa shape index (κ1) is 14.9. The van der Waals surface area contributed by atoms with E-state index in [0.717, 1.165) is 47.6 Å². The predicted octanol–water partition coefficient (Wildman–Crippen LogP) is 3.82. The van der Waals surface area contributed by atoms with Crippen LogP contribution in [-0.4, -0.2) is 27.3 Å². The zero-order valence-electron chi connectivity index (χ0n) is 13.8. The summed E-state index contributed by atoms with van der Waals surface area (Å²) in [5, 5.41) is 0.965. The lowest BCUT2D eigenvalue weighted by molar-refractivity contribution is 0.0733. The Morgan fingerprint density at radius 2 is 2.12 bits per heavy atom. The van der Waals surface area contributed by atoms with Gasteiger partial charge in [-0.3, -0.25) is 4.79 Å². The zero-order chi connectivity index (χ0) is 16.7. The molecule has 0 spiro atoms. The van der Waals surface area contributed by atoms with E-state index < -0.39 is 0 Å². The second-order valence-electron chi connectivity index (χ2n) is 6.29. The second kappa shape index (κ2) is 5.74. The number of carbonyl (C=O) groups is 1. The molecule has 0 unspecified atom stereocenters. The van der Waals surface area contributed by atoms with Crippen molar-refractivity contribution in [3.05, 3.63) is 59.4 Å². The molecule has 0 aliphatic carbocycles. The predicted molar refractivity (Wildman–Crippen MR) is 90.7 cm³/mol. The minimum atomic E-state index is 0.0287. The average molecular weight is 321 g/mol. The number of amides is 1. The molecule has 0 bridgehead atoms. The minimum Gasteiger partial charge on any atom is -0.461 e. The maximum Gasteiger partial charge on any atom is 0.254 e. The van der Waals surface area contributed by atoms with E-state index in [0.29, 0.717) is 5.56 Å². The molecule has 1 aromatic carbocycles. The fraction of sp³-hybridized carbons (Fsp3) is 0.316. The number of furan rings is 1. The van der Waals surface area contributed by atoms with Gasteiger partial charge in [-0.1, -0.05) is 0 Å². The molecule has 3 heterocycles. The number of benzene rings is 1. The molecule has 0 radical (unpaired) electrons. The lowest BCUT2D eigenvalue weighted by Crippen LogP contribution is -2.31. The Bertz CT molecular complexity index is 916. The van der Waals surface area contributed by atoms with Crippen LogP contribution < -0.4 is 0 Å². The molecule has 1 aliphatic heterocycles. The lowest BCUT2D eigenvalue weighted by atomic mass is 10.1. The van der Waals surface area contributed by atoms with Gasteiger partial charge in [-0.2, -0.15) is 0 Å². The van der Waals surface area contributed by atoms with Gasteiger partial charge < -0.3 is 9.32 Å². The first-order valence-corrected chi connectivity index (χ1v) is 8.22. The average Bonchev–Trinajstić information content (AvgIpc) is 3.18. The van der Waals surface area contributed by atoms with Crippen LogP contribution >= 0.6 is 0 Å². The molecule has 1 saturated heterocycles. The fourth-order valence-electron chi connectivity index (χ4n) is 3.45. The molecule has 1 aliphatic rings. The molecule has 1 fully saturated rings. The van der Waals surface area contributed by atoms with Gasteiger partial charge >= 0.3 is 0 Å². The monoisotopic (exact) mass is 321 g/mol. The Balaban J connectivity index is 1.66. The number of fused-ring (bicyclic) bond motifs is 1. The highest BCUT2D eigenvalue weighted by Gasteiger charge is 2.31. The van der Waals surface area contributed by atoms with Crippen LogP contribution in [-0.2, 0) is 0 Å². The maximum atomic E-state index is 13.0. The Hall–Kier alpha value is -2.69. The summed E-state index contributed by atoms with van der Waals surface area (Å²) >= 11 is 0. The topological polar surface area (TPSA) is 59.2 Å². The normalized spacial score (nSPS) is 17.6. The smallest absolute Gasteiger partial charge is 0.254 e. The van der Waals surface area contributed by atoms with E-state index in [-0.39, 0.29) is 11.9 Å². The van der Waals surface area contributed by atoms with E-state index >= 15 is 0 Å². The molecule has 1 amide bonds. The maximum absolute atomic E-state index is 13.0. The van der Waals surface area contributed by atoms with Gasteiger partial charge in [-0.25, -0.2) is 9.97 Å². The van der Waals surface area contributed by atoms with Gasteiger partial charge in [0.25, 0.3) is 5.91 Å². The summed E-state index contributed by atoms with van der Waals surface area (Å²) in [6, 6.07) is 9.52. The number of hydrogen-bond acceptors (Lipinski definition) is 4. The Morgan fingerprint density at radius 1 is 1.25 bits per heavy atom. The molecule has 5 heteroatoms. The Labute approximate surface area is 140 Å². The van der Waals surface area contributed by atoms with Crippen LogP contribution in [0.5, 0.6) is 0 Å². The summed E-state index contributed by atoms with van der Waals surface area (Å²) in [6.45, 7) is 4.55. The van der Waals surface area contributed by atoms with Gasteiger partial charge in [0.2, 0.25) is 0 Å². The largest absolute Gasteiger partial charge is 0.461 e. The van der Waals surface area contributed by atoms with Gasteiger partial charge in [0, 0.05) is 23.7 Å². The van der Waals surface area contributed by atoms with E-state index in [9.17, 15) is 4.79 Å². The van der Waals surface area contributed by atoms with Crippen LogP contribution in [0.25, 0.3) is 11.0 Å². The third-order valence-electron chi connectivity index (χ3n) is 4.54. The molecule has 24 heavy (non-hydrogen) atoms. The number of nitrogens with zero attached hydrogens (tertiary/aromatic N) is 3. The number of aryl methyl sites for hydroxylation is 2. The van der Waals surface area contributed by atoms with Crippen molar-refractivity contribution in [1.29, 1.82) is 0 Å². The van der Waals surface area contributed by atoms with Crippen LogP contribution in [0.15, 0.2) is 40.9 Å². The van der Waals surface area contributed by atoms with E-state index in [1.54, 1.807) is 6.20 Å². The van der Waals surface area contributed by atoms with E-state index in [2.05, 4.69) is 9.97 Å². The highest BCUT2D eigenvalue weighted by atomic mass is 16.3. The highest BCUT2D eigenvalue weighted by Crippen LogP contribution is 2.32. The standard InChI is InChI=1S/C19H19N3O2/c1-12-10-15-11-14(5-6-18(15)24-12)19(23)22-9-3-4-17(22)16-7-8-20-13(2)21-16/h5-8,10-11,17H,3-4,9H2,1-2H3/t17-/m0/s1. The highest BCUT2D eigenvalue weighted by molar-refractivity contribution is 5.98. The Kier molecular flexibility index (Phi) is 3.56. The van der Waals surface area contributed by atoms with Crippen molar-refractivity contribution in [2.75, 3.05) is 6.54 Å². The van der Waals surface area contributed by atoms with Crippen molar-refractivity contribution in [3.63, 3.8) is 0 Å². The van der Waals surface area contributed by atoms with Crippen molar-refractivity contribution < 1.29 is 9.21 Å². The number of hydrogen-bond donors (Lipinski definition) is 0. The molecule has 0 saturated carbocycles. The quantitative estimate of drug-likeness (QED) is 0.720. The first-order chi connectivity index (χ1) is 11.6. The van der Waals surface area contributed by atoms with E-state index in [1.165, 1.54) is 0 Å².